The number of rotatable bonds is 5. The molecule has 0 bridgehead atoms. The Morgan fingerprint density at radius 3 is 2.93 bits per heavy atom. The monoisotopic (exact) mass is 210 g/mol. The van der Waals surface area contributed by atoms with Crippen LogP contribution in [0.3, 0.4) is 0 Å². The standard InChI is InChI=1S/C10H18N4O/c1-3-5-8(11)10(15)12-9-6-7(4-2)13-14-9/h6,8H,3-5,11H2,1-2H3,(H2,12,13,14,15). The highest BCUT2D eigenvalue weighted by Gasteiger charge is 2.13. The molecular formula is C10H18N4O. The molecule has 1 rings (SSSR count). The Bertz CT molecular complexity index is 321. The van der Waals surface area contributed by atoms with Crippen LogP contribution in [0.4, 0.5) is 5.82 Å². The lowest BCUT2D eigenvalue weighted by atomic mass is 10.2. The van der Waals surface area contributed by atoms with Crippen molar-refractivity contribution in [1.29, 1.82) is 0 Å². The first-order valence-corrected chi connectivity index (χ1v) is 5.28. The SMILES string of the molecule is CCCC(N)C(=O)Nc1cc(CC)[nH]n1. The van der Waals surface area contributed by atoms with Crippen molar-refractivity contribution < 1.29 is 4.79 Å². The minimum Gasteiger partial charge on any atom is -0.320 e. The van der Waals surface area contributed by atoms with Crippen molar-refractivity contribution >= 4 is 11.7 Å². The van der Waals surface area contributed by atoms with E-state index in [1.165, 1.54) is 0 Å². The Kier molecular flexibility index (Phi) is 4.30. The number of nitrogens with zero attached hydrogens (tertiary/aromatic N) is 1. The van der Waals surface area contributed by atoms with Gasteiger partial charge in [0.1, 0.15) is 0 Å². The predicted octanol–water partition coefficient (Wildman–Crippen LogP) is 1.04. The number of anilines is 1. The molecule has 0 spiro atoms. The van der Waals surface area contributed by atoms with E-state index in [0.29, 0.717) is 12.2 Å². The van der Waals surface area contributed by atoms with Crippen molar-refractivity contribution in [2.75, 3.05) is 5.32 Å². The lowest BCUT2D eigenvalue weighted by molar-refractivity contribution is -0.117. The van der Waals surface area contributed by atoms with Gasteiger partial charge >= 0.3 is 0 Å². The Balaban J connectivity index is 2.50. The maximum atomic E-state index is 11.5. The van der Waals surface area contributed by atoms with E-state index in [9.17, 15) is 4.79 Å². The molecule has 0 aliphatic rings. The third-order valence-electron chi connectivity index (χ3n) is 2.20. The summed E-state index contributed by atoms with van der Waals surface area (Å²) < 4.78 is 0. The third kappa shape index (κ3) is 3.36. The highest BCUT2D eigenvalue weighted by molar-refractivity contribution is 5.93. The van der Waals surface area contributed by atoms with Crippen LogP contribution >= 0.6 is 0 Å². The molecule has 0 aliphatic carbocycles. The topological polar surface area (TPSA) is 83.8 Å². The number of H-pyrrole nitrogens is 1. The van der Waals surface area contributed by atoms with Crippen LogP contribution in [0.1, 0.15) is 32.4 Å². The molecule has 0 fully saturated rings. The zero-order valence-corrected chi connectivity index (χ0v) is 9.21. The van der Waals surface area contributed by atoms with Crippen LogP contribution in [0, 0.1) is 0 Å². The molecule has 1 amide bonds. The molecule has 0 saturated carbocycles. The van der Waals surface area contributed by atoms with E-state index in [0.717, 1.165) is 18.5 Å². The van der Waals surface area contributed by atoms with Gasteiger partial charge in [0.25, 0.3) is 0 Å². The van der Waals surface area contributed by atoms with Crippen molar-refractivity contribution in [3.8, 4) is 0 Å². The van der Waals surface area contributed by atoms with Gasteiger partial charge in [0, 0.05) is 11.8 Å². The number of aryl methyl sites for hydroxylation is 1. The average Bonchev–Trinajstić information content (AvgIpc) is 2.66. The number of aromatic nitrogens is 2. The maximum Gasteiger partial charge on any atom is 0.242 e. The molecule has 4 N–H and O–H groups in total. The van der Waals surface area contributed by atoms with Gasteiger partial charge in [-0.3, -0.25) is 9.89 Å². The van der Waals surface area contributed by atoms with Gasteiger partial charge in [0.15, 0.2) is 5.82 Å². The molecule has 15 heavy (non-hydrogen) atoms. The minimum atomic E-state index is -0.447. The van der Waals surface area contributed by atoms with Gasteiger partial charge in [-0.25, -0.2) is 0 Å². The zero-order valence-electron chi connectivity index (χ0n) is 9.21. The number of carbonyl (C=O) groups excluding carboxylic acids is 1. The van der Waals surface area contributed by atoms with Crippen molar-refractivity contribution in [2.24, 2.45) is 5.73 Å². The second-order valence-electron chi connectivity index (χ2n) is 3.52. The van der Waals surface area contributed by atoms with E-state index >= 15 is 0 Å². The number of hydrogen-bond acceptors (Lipinski definition) is 3. The molecule has 0 saturated heterocycles. The first kappa shape index (κ1) is 11.7. The highest BCUT2D eigenvalue weighted by Crippen LogP contribution is 2.06. The summed E-state index contributed by atoms with van der Waals surface area (Å²) in [7, 11) is 0. The first-order chi connectivity index (χ1) is 7.17. The Labute approximate surface area is 89.4 Å². The van der Waals surface area contributed by atoms with E-state index in [2.05, 4.69) is 15.5 Å². The predicted molar refractivity (Wildman–Crippen MR) is 59.5 cm³/mol. The zero-order chi connectivity index (χ0) is 11.3. The molecule has 1 unspecified atom stereocenters. The molecule has 1 aromatic rings. The van der Waals surface area contributed by atoms with Crippen molar-refractivity contribution in [1.82, 2.24) is 10.2 Å². The van der Waals surface area contributed by atoms with Crippen LogP contribution in [0.25, 0.3) is 0 Å². The number of amides is 1. The molecule has 0 aromatic carbocycles. The van der Waals surface area contributed by atoms with Gasteiger partial charge < -0.3 is 11.1 Å². The minimum absolute atomic E-state index is 0.175. The summed E-state index contributed by atoms with van der Waals surface area (Å²) in [6, 6.07) is 1.37. The van der Waals surface area contributed by atoms with Gasteiger partial charge in [-0.15, -0.1) is 0 Å². The van der Waals surface area contributed by atoms with Gasteiger partial charge in [-0.1, -0.05) is 20.3 Å². The maximum absolute atomic E-state index is 11.5. The molecule has 0 radical (unpaired) electrons. The van der Waals surface area contributed by atoms with E-state index in [-0.39, 0.29) is 5.91 Å². The van der Waals surface area contributed by atoms with Crippen LogP contribution in [-0.4, -0.2) is 22.1 Å². The van der Waals surface area contributed by atoms with E-state index in [1.54, 1.807) is 0 Å². The fraction of sp³-hybridized carbons (Fsp3) is 0.600. The Hall–Kier alpha value is -1.36. The molecule has 0 aliphatic heterocycles. The Morgan fingerprint density at radius 2 is 2.40 bits per heavy atom. The summed E-state index contributed by atoms with van der Waals surface area (Å²) >= 11 is 0. The fourth-order valence-electron chi connectivity index (χ4n) is 1.27. The summed E-state index contributed by atoms with van der Waals surface area (Å²) in [4.78, 5) is 11.5. The summed E-state index contributed by atoms with van der Waals surface area (Å²) in [5.41, 5.74) is 6.66. The molecule has 1 aromatic heterocycles. The molecule has 1 atom stereocenters. The average molecular weight is 210 g/mol. The van der Waals surface area contributed by atoms with Gasteiger partial charge in [-0.2, -0.15) is 5.10 Å². The van der Waals surface area contributed by atoms with Crippen LogP contribution < -0.4 is 11.1 Å². The van der Waals surface area contributed by atoms with E-state index < -0.39 is 6.04 Å². The van der Waals surface area contributed by atoms with Crippen LogP contribution in [0.15, 0.2) is 6.07 Å². The van der Waals surface area contributed by atoms with Gasteiger partial charge in [-0.05, 0) is 12.8 Å². The second kappa shape index (κ2) is 5.50. The normalized spacial score (nSPS) is 12.5. The Morgan fingerprint density at radius 1 is 1.67 bits per heavy atom. The summed E-state index contributed by atoms with van der Waals surface area (Å²) in [5.74, 6) is 0.370. The van der Waals surface area contributed by atoms with Gasteiger partial charge in [0.2, 0.25) is 5.91 Å². The summed E-state index contributed by atoms with van der Waals surface area (Å²) in [6.07, 6.45) is 2.45. The largest absolute Gasteiger partial charge is 0.320 e. The molecule has 84 valence electrons. The molecule has 5 nitrogen and oxygen atoms in total. The second-order valence-corrected chi connectivity index (χ2v) is 3.52. The number of carbonyl (C=O) groups is 1. The number of hydrogen-bond donors (Lipinski definition) is 3. The summed E-state index contributed by atoms with van der Waals surface area (Å²) in [5, 5.41) is 9.46. The third-order valence-corrected chi connectivity index (χ3v) is 2.20. The number of nitrogens with two attached hydrogens (primary N) is 1. The van der Waals surface area contributed by atoms with Crippen LogP contribution in [0.2, 0.25) is 0 Å². The molecule has 1 heterocycles. The van der Waals surface area contributed by atoms with Crippen LogP contribution in [-0.2, 0) is 11.2 Å². The molecular weight excluding hydrogens is 192 g/mol. The quantitative estimate of drug-likeness (QED) is 0.679. The van der Waals surface area contributed by atoms with Crippen LogP contribution in [0.5, 0.6) is 0 Å². The first-order valence-electron chi connectivity index (χ1n) is 5.28. The van der Waals surface area contributed by atoms with Gasteiger partial charge in [0.05, 0.1) is 6.04 Å². The van der Waals surface area contributed by atoms with Crippen molar-refractivity contribution in [3.05, 3.63) is 11.8 Å². The summed E-state index contributed by atoms with van der Waals surface area (Å²) in [6.45, 7) is 4.01. The fourth-order valence-corrected chi connectivity index (χ4v) is 1.27. The number of aromatic amines is 1. The number of nitrogens with one attached hydrogen (secondary N) is 2. The smallest absolute Gasteiger partial charge is 0.242 e. The molecule has 5 heteroatoms. The lowest BCUT2D eigenvalue weighted by Gasteiger charge is -2.08. The van der Waals surface area contributed by atoms with Crippen molar-refractivity contribution in [2.45, 2.75) is 39.2 Å². The lowest BCUT2D eigenvalue weighted by Crippen LogP contribution is -2.35. The van der Waals surface area contributed by atoms with Crippen molar-refractivity contribution in [3.63, 3.8) is 0 Å². The van der Waals surface area contributed by atoms with E-state index in [1.807, 2.05) is 19.9 Å². The van der Waals surface area contributed by atoms with E-state index in [4.69, 9.17) is 5.73 Å². The highest BCUT2D eigenvalue weighted by atomic mass is 16.2.